The number of carbonyl (C=O) groups excluding carboxylic acids is 2. The minimum Gasteiger partial charge on any atom is -0.352 e. The maximum atomic E-state index is 14.1. The Hall–Kier alpha value is -3.65. The third kappa shape index (κ3) is 6.73. The lowest BCUT2D eigenvalue weighted by atomic mass is 10.1. The normalized spacial score (nSPS) is 14.5. The van der Waals surface area contributed by atoms with E-state index in [2.05, 4.69) is 5.32 Å². The SMILES string of the molecule is Cc1ccc(C)c(N(CC(=O)N(Cc2ccccc2C)[C@@H](C)C(=O)NC2CCCC2)S(=O)(=O)c2ccccc2)c1. The molecule has 0 spiro atoms. The van der Waals surface area contributed by atoms with Crippen LogP contribution in [0, 0.1) is 20.8 Å². The maximum absolute atomic E-state index is 14.1. The van der Waals surface area contributed by atoms with Crippen LogP contribution in [0.5, 0.6) is 0 Å². The van der Waals surface area contributed by atoms with Gasteiger partial charge in [-0.05, 0) is 81.0 Å². The second-order valence-corrected chi connectivity index (χ2v) is 12.6. The average Bonchev–Trinajstić information content (AvgIpc) is 3.45. The number of benzene rings is 3. The van der Waals surface area contributed by atoms with E-state index in [0.717, 1.165) is 47.9 Å². The van der Waals surface area contributed by atoms with Crippen LogP contribution in [0.25, 0.3) is 0 Å². The third-order valence-corrected chi connectivity index (χ3v) is 9.49. The topological polar surface area (TPSA) is 86.8 Å². The molecule has 0 heterocycles. The molecule has 1 aliphatic rings. The quantitative estimate of drug-likeness (QED) is 0.365. The van der Waals surface area contributed by atoms with Crippen LogP contribution in [-0.4, -0.2) is 43.8 Å². The van der Waals surface area contributed by atoms with Crippen molar-refractivity contribution < 1.29 is 18.0 Å². The summed E-state index contributed by atoms with van der Waals surface area (Å²) < 4.78 is 29.1. The van der Waals surface area contributed by atoms with E-state index in [1.165, 1.54) is 21.3 Å². The number of aryl methyl sites for hydroxylation is 3. The average molecular weight is 562 g/mol. The first-order chi connectivity index (χ1) is 19.1. The van der Waals surface area contributed by atoms with Gasteiger partial charge in [0.1, 0.15) is 12.6 Å². The Morgan fingerprint density at radius 1 is 0.900 bits per heavy atom. The molecule has 40 heavy (non-hydrogen) atoms. The van der Waals surface area contributed by atoms with Crippen LogP contribution in [0.3, 0.4) is 0 Å². The van der Waals surface area contributed by atoms with Crippen molar-refractivity contribution >= 4 is 27.5 Å². The first-order valence-corrected chi connectivity index (χ1v) is 15.3. The van der Waals surface area contributed by atoms with Gasteiger partial charge in [0.25, 0.3) is 10.0 Å². The first kappa shape index (κ1) is 29.3. The number of rotatable bonds is 10. The summed E-state index contributed by atoms with van der Waals surface area (Å²) in [4.78, 5) is 29.1. The summed E-state index contributed by atoms with van der Waals surface area (Å²) in [6.45, 7) is 7.15. The molecule has 0 unspecified atom stereocenters. The van der Waals surface area contributed by atoms with Crippen molar-refractivity contribution in [2.45, 2.75) is 76.9 Å². The minimum atomic E-state index is -4.08. The van der Waals surface area contributed by atoms with E-state index in [0.29, 0.717) is 5.69 Å². The van der Waals surface area contributed by atoms with Gasteiger partial charge in [0.05, 0.1) is 10.6 Å². The fourth-order valence-electron chi connectivity index (χ4n) is 5.17. The molecule has 4 rings (SSSR count). The second-order valence-electron chi connectivity index (χ2n) is 10.7. The van der Waals surface area contributed by atoms with E-state index >= 15 is 0 Å². The lowest BCUT2D eigenvalue weighted by Gasteiger charge is -2.33. The van der Waals surface area contributed by atoms with E-state index in [9.17, 15) is 18.0 Å². The summed E-state index contributed by atoms with van der Waals surface area (Å²) in [5.41, 5.74) is 3.95. The van der Waals surface area contributed by atoms with Crippen LogP contribution >= 0.6 is 0 Å². The van der Waals surface area contributed by atoms with Gasteiger partial charge in [-0.1, -0.05) is 67.4 Å². The van der Waals surface area contributed by atoms with Crippen LogP contribution in [0.1, 0.15) is 54.9 Å². The molecule has 0 aliphatic heterocycles. The predicted octanol–water partition coefficient (Wildman–Crippen LogP) is 5.28. The Morgan fingerprint density at radius 3 is 2.23 bits per heavy atom. The van der Waals surface area contributed by atoms with Gasteiger partial charge in [0.2, 0.25) is 11.8 Å². The molecule has 0 saturated heterocycles. The van der Waals surface area contributed by atoms with E-state index in [1.54, 1.807) is 31.2 Å². The number of sulfonamides is 1. The third-order valence-electron chi connectivity index (χ3n) is 7.71. The summed E-state index contributed by atoms with van der Waals surface area (Å²) in [5, 5.41) is 3.11. The number of nitrogens with zero attached hydrogens (tertiary/aromatic N) is 2. The summed E-state index contributed by atoms with van der Waals surface area (Å²) >= 11 is 0. The Morgan fingerprint density at radius 2 is 1.55 bits per heavy atom. The Bertz CT molecular complexity index is 1450. The van der Waals surface area contributed by atoms with E-state index in [1.807, 2.05) is 57.2 Å². The number of carbonyl (C=O) groups is 2. The van der Waals surface area contributed by atoms with E-state index < -0.39 is 28.5 Å². The molecule has 0 radical (unpaired) electrons. The van der Waals surface area contributed by atoms with Crippen molar-refractivity contribution in [3.63, 3.8) is 0 Å². The highest BCUT2D eigenvalue weighted by molar-refractivity contribution is 7.92. The van der Waals surface area contributed by atoms with Gasteiger partial charge < -0.3 is 10.2 Å². The van der Waals surface area contributed by atoms with Crippen LogP contribution in [0.4, 0.5) is 5.69 Å². The Balaban J connectivity index is 1.72. The van der Waals surface area contributed by atoms with E-state index in [4.69, 9.17) is 0 Å². The number of nitrogens with one attached hydrogen (secondary N) is 1. The first-order valence-electron chi connectivity index (χ1n) is 13.9. The lowest BCUT2D eigenvalue weighted by molar-refractivity contribution is -0.139. The highest BCUT2D eigenvalue weighted by atomic mass is 32.2. The monoisotopic (exact) mass is 561 g/mol. The molecule has 1 atom stereocenters. The molecular weight excluding hydrogens is 522 g/mol. The zero-order chi connectivity index (χ0) is 28.9. The Labute approximate surface area is 238 Å². The molecule has 1 aliphatic carbocycles. The van der Waals surface area contributed by atoms with Gasteiger partial charge in [-0.15, -0.1) is 0 Å². The standard InChI is InChI=1S/C32H39N3O4S/c1-23-18-19-25(3)30(20-23)35(40(38,39)29-16-6-5-7-17-29)22-31(36)34(21-27-13-9-8-12-24(27)2)26(4)32(37)33-28-14-10-11-15-28/h5-9,12-13,16-20,26,28H,10-11,14-15,21-22H2,1-4H3,(H,33,37)/t26-/m0/s1. The van der Waals surface area contributed by atoms with Crippen LogP contribution in [0.2, 0.25) is 0 Å². The van der Waals surface area contributed by atoms with Crippen molar-refractivity contribution in [3.05, 3.63) is 95.1 Å². The van der Waals surface area contributed by atoms with Gasteiger partial charge in [-0.2, -0.15) is 0 Å². The Kier molecular flexibility index (Phi) is 9.30. The molecule has 1 saturated carbocycles. The summed E-state index contributed by atoms with van der Waals surface area (Å²) in [7, 11) is -4.08. The number of hydrogen-bond acceptors (Lipinski definition) is 4. The summed E-state index contributed by atoms with van der Waals surface area (Å²) in [5.74, 6) is -0.671. The summed E-state index contributed by atoms with van der Waals surface area (Å²) in [6, 6.07) is 20.7. The molecular formula is C32H39N3O4S. The zero-order valence-corrected chi connectivity index (χ0v) is 24.6. The molecule has 3 aromatic rings. The van der Waals surface area contributed by atoms with Gasteiger partial charge in [0.15, 0.2) is 0 Å². The number of hydrogen-bond donors (Lipinski definition) is 1. The fraction of sp³-hybridized carbons (Fsp3) is 0.375. The fourth-order valence-corrected chi connectivity index (χ4v) is 6.66. The molecule has 8 heteroatoms. The highest BCUT2D eigenvalue weighted by Crippen LogP contribution is 2.28. The lowest BCUT2D eigenvalue weighted by Crippen LogP contribution is -2.52. The molecule has 7 nitrogen and oxygen atoms in total. The largest absolute Gasteiger partial charge is 0.352 e. The van der Waals surface area contributed by atoms with Crippen LogP contribution in [0.15, 0.2) is 77.7 Å². The highest BCUT2D eigenvalue weighted by Gasteiger charge is 2.34. The van der Waals surface area contributed by atoms with E-state index in [-0.39, 0.29) is 23.4 Å². The predicted molar refractivity (Wildman–Crippen MR) is 158 cm³/mol. The smallest absolute Gasteiger partial charge is 0.264 e. The minimum absolute atomic E-state index is 0.0983. The molecule has 0 bridgehead atoms. The number of amides is 2. The van der Waals surface area contributed by atoms with Crippen molar-refractivity contribution in [2.75, 3.05) is 10.8 Å². The van der Waals surface area contributed by atoms with Crippen molar-refractivity contribution in [2.24, 2.45) is 0 Å². The molecule has 2 amide bonds. The molecule has 3 aromatic carbocycles. The summed E-state index contributed by atoms with van der Waals surface area (Å²) in [6.07, 6.45) is 4.01. The maximum Gasteiger partial charge on any atom is 0.264 e. The molecule has 1 fully saturated rings. The van der Waals surface area contributed by atoms with Gasteiger partial charge in [-0.3, -0.25) is 13.9 Å². The zero-order valence-electron chi connectivity index (χ0n) is 23.8. The number of anilines is 1. The van der Waals surface area contributed by atoms with Crippen molar-refractivity contribution in [1.29, 1.82) is 0 Å². The van der Waals surface area contributed by atoms with Gasteiger partial charge in [-0.25, -0.2) is 8.42 Å². The van der Waals surface area contributed by atoms with Gasteiger partial charge >= 0.3 is 0 Å². The van der Waals surface area contributed by atoms with Crippen molar-refractivity contribution in [1.82, 2.24) is 10.2 Å². The van der Waals surface area contributed by atoms with Gasteiger partial charge in [0, 0.05) is 12.6 Å². The van der Waals surface area contributed by atoms with Crippen molar-refractivity contribution in [3.8, 4) is 0 Å². The molecule has 212 valence electrons. The van der Waals surface area contributed by atoms with Crippen LogP contribution in [-0.2, 0) is 26.2 Å². The van der Waals surface area contributed by atoms with Crippen LogP contribution < -0.4 is 9.62 Å². The second kappa shape index (κ2) is 12.7. The molecule has 1 N–H and O–H groups in total. The molecule has 0 aromatic heterocycles.